The van der Waals surface area contributed by atoms with Crippen LogP contribution in [0, 0.1) is 41.4 Å². The first kappa shape index (κ1) is 19.9. The molecule has 3 saturated carbocycles. The van der Waals surface area contributed by atoms with Crippen molar-refractivity contribution in [2.45, 2.75) is 45.1 Å². The molecule has 5 aliphatic carbocycles. The van der Waals surface area contributed by atoms with Crippen LogP contribution in [-0.2, 0) is 14.4 Å². The monoisotopic (exact) mass is 432 g/mol. The second kappa shape index (κ2) is 7.12. The molecule has 166 valence electrons. The zero-order valence-corrected chi connectivity index (χ0v) is 18.2. The number of anilines is 1. The van der Waals surface area contributed by atoms with Gasteiger partial charge in [0.1, 0.15) is 0 Å². The lowest BCUT2D eigenvalue weighted by atomic mass is 9.63. The van der Waals surface area contributed by atoms with E-state index in [-0.39, 0.29) is 59.1 Å². The fourth-order valence-electron chi connectivity index (χ4n) is 6.97. The van der Waals surface area contributed by atoms with Crippen molar-refractivity contribution in [3.8, 4) is 0 Å². The quantitative estimate of drug-likeness (QED) is 0.449. The first-order chi connectivity index (χ1) is 15.4. The van der Waals surface area contributed by atoms with Crippen LogP contribution in [-0.4, -0.2) is 34.4 Å². The minimum atomic E-state index is -0.139. The van der Waals surface area contributed by atoms with E-state index in [1.807, 2.05) is 0 Å². The number of allylic oxidation sites excluding steroid dienone is 2. The van der Waals surface area contributed by atoms with Crippen LogP contribution in [0.15, 0.2) is 36.4 Å². The van der Waals surface area contributed by atoms with Crippen LogP contribution in [0.25, 0.3) is 0 Å². The predicted octanol–water partition coefficient (Wildman–Crippen LogP) is 3.44. The van der Waals surface area contributed by atoms with Gasteiger partial charge in [-0.3, -0.25) is 24.1 Å². The van der Waals surface area contributed by atoms with Gasteiger partial charge in [0.2, 0.25) is 17.7 Å². The van der Waals surface area contributed by atoms with Crippen molar-refractivity contribution in [2.24, 2.45) is 41.4 Å². The Morgan fingerprint density at radius 3 is 1.97 bits per heavy atom. The molecule has 6 aliphatic rings. The lowest BCUT2D eigenvalue weighted by molar-refractivity contribution is -0.144. The highest BCUT2D eigenvalue weighted by Crippen LogP contribution is 2.65. The molecule has 1 aromatic rings. The number of amides is 3. The molecule has 0 aromatic heterocycles. The maximum atomic E-state index is 13.3. The summed E-state index contributed by atoms with van der Waals surface area (Å²) in [5.41, 5.74) is 1.29. The summed E-state index contributed by atoms with van der Waals surface area (Å²) in [4.78, 5) is 52.4. The molecule has 32 heavy (non-hydrogen) atoms. The van der Waals surface area contributed by atoms with E-state index in [4.69, 9.17) is 0 Å². The van der Waals surface area contributed by atoms with E-state index in [2.05, 4.69) is 17.5 Å². The van der Waals surface area contributed by atoms with Crippen molar-refractivity contribution in [3.63, 3.8) is 0 Å². The van der Waals surface area contributed by atoms with E-state index < -0.39 is 0 Å². The molecule has 2 bridgehead atoms. The summed E-state index contributed by atoms with van der Waals surface area (Å²) < 4.78 is 0. The third kappa shape index (κ3) is 2.91. The van der Waals surface area contributed by atoms with Crippen LogP contribution >= 0.6 is 0 Å². The van der Waals surface area contributed by atoms with Crippen LogP contribution < -0.4 is 5.32 Å². The van der Waals surface area contributed by atoms with E-state index in [1.165, 1.54) is 13.3 Å². The number of rotatable bonds is 4. The highest BCUT2D eigenvalue weighted by molar-refractivity contribution is 6.06. The molecule has 6 atom stereocenters. The average Bonchev–Trinajstić information content (AvgIpc) is 3.58. The molecule has 1 aliphatic heterocycles. The summed E-state index contributed by atoms with van der Waals surface area (Å²) in [6.07, 6.45) is 8.31. The van der Waals surface area contributed by atoms with E-state index in [1.54, 1.807) is 29.2 Å². The van der Waals surface area contributed by atoms with Gasteiger partial charge in [0.05, 0.1) is 11.8 Å². The number of nitrogens with one attached hydrogen (secondary N) is 1. The normalized spacial score (nSPS) is 39.0. The van der Waals surface area contributed by atoms with E-state index in [9.17, 15) is 19.2 Å². The van der Waals surface area contributed by atoms with Crippen molar-refractivity contribution in [1.29, 1.82) is 0 Å². The Morgan fingerprint density at radius 2 is 1.44 bits per heavy atom. The number of carbonyl (C=O) groups is 4. The molecule has 7 rings (SSSR count). The SMILES string of the molecule is CC(=O)c1ccc(NC(=O)C2CCC(N3C(=O)[C@@H]4[C@H]5C=C[C@@H]([C@@H]6C[C@@H]56)[C@@H]4C3=O)CC2)cc1. The molecule has 3 amide bonds. The standard InChI is InChI=1S/C26H28N2O4/c1-13(29)14-2-6-16(7-3-14)27-24(30)15-4-8-17(9-5-15)28-25(31)22-18-10-11-19(21-12-20(18)21)23(22)26(28)32/h2-3,6-7,10-11,15,17-23H,4-5,8-9,12H2,1H3,(H,27,30)/t15?,17?,18-,19-,20-,21-,22-,23+/m0/s1. The van der Waals surface area contributed by atoms with Gasteiger partial charge in [0, 0.05) is 23.2 Å². The number of hydrogen-bond acceptors (Lipinski definition) is 4. The topological polar surface area (TPSA) is 83.6 Å². The van der Waals surface area contributed by atoms with E-state index >= 15 is 0 Å². The van der Waals surface area contributed by atoms with Crippen LogP contribution in [0.1, 0.15) is 49.4 Å². The third-order valence-corrected chi connectivity index (χ3v) is 8.69. The Kier molecular flexibility index (Phi) is 4.43. The average molecular weight is 433 g/mol. The van der Waals surface area contributed by atoms with Crippen LogP contribution in [0.5, 0.6) is 0 Å². The largest absolute Gasteiger partial charge is 0.326 e. The zero-order chi connectivity index (χ0) is 22.1. The summed E-state index contributed by atoms with van der Waals surface area (Å²) in [7, 11) is 0. The lowest BCUT2D eigenvalue weighted by Crippen LogP contribution is -2.44. The van der Waals surface area contributed by atoms with E-state index in [0.717, 1.165) is 0 Å². The highest BCUT2D eigenvalue weighted by atomic mass is 16.2. The fourth-order valence-corrected chi connectivity index (χ4v) is 6.97. The Morgan fingerprint density at radius 1 is 0.875 bits per heavy atom. The lowest BCUT2D eigenvalue weighted by Gasteiger charge is -2.37. The fraction of sp³-hybridized carbons (Fsp3) is 0.538. The number of Topliss-reactive ketones (excluding diaryl/α,β-unsaturated/α-hetero) is 1. The minimum Gasteiger partial charge on any atom is -0.326 e. The predicted molar refractivity (Wildman–Crippen MR) is 117 cm³/mol. The van der Waals surface area contributed by atoms with Gasteiger partial charge >= 0.3 is 0 Å². The van der Waals surface area contributed by atoms with Gasteiger partial charge in [-0.05, 0) is 87.0 Å². The number of likely N-dealkylation sites (tertiary alicyclic amines) is 1. The molecule has 6 nitrogen and oxygen atoms in total. The Bertz CT molecular complexity index is 1000. The molecular formula is C26H28N2O4. The summed E-state index contributed by atoms with van der Waals surface area (Å²) in [5.74, 6) is 1.40. The zero-order valence-electron chi connectivity index (χ0n) is 18.2. The number of benzene rings is 1. The second-order valence-electron chi connectivity index (χ2n) is 10.3. The Balaban J connectivity index is 1.09. The summed E-state index contributed by atoms with van der Waals surface area (Å²) in [5, 5.41) is 2.94. The summed E-state index contributed by atoms with van der Waals surface area (Å²) in [6.45, 7) is 1.51. The Hall–Kier alpha value is -2.76. The van der Waals surface area contributed by atoms with Crippen molar-refractivity contribution >= 4 is 29.2 Å². The maximum Gasteiger partial charge on any atom is 0.233 e. The number of imide groups is 1. The number of ketones is 1. The third-order valence-electron chi connectivity index (χ3n) is 8.69. The number of nitrogens with zero attached hydrogens (tertiary/aromatic N) is 1. The van der Waals surface area contributed by atoms with Crippen LogP contribution in [0.4, 0.5) is 5.69 Å². The minimum absolute atomic E-state index is 0.00661. The van der Waals surface area contributed by atoms with Gasteiger partial charge in [0.15, 0.2) is 5.78 Å². The number of hydrogen-bond donors (Lipinski definition) is 1. The van der Waals surface area contributed by atoms with Gasteiger partial charge in [0.25, 0.3) is 0 Å². The number of carbonyl (C=O) groups excluding carboxylic acids is 4. The van der Waals surface area contributed by atoms with Crippen LogP contribution in [0.2, 0.25) is 0 Å². The first-order valence-electron chi connectivity index (χ1n) is 11.9. The highest BCUT2D eigenvalue weighted by Gasteiger charge is 2.67. The van der Waals surface area contributed by atoms with Gasteiger partial charge in [-0.15, -0.1) is 0 Å². The van der Waals surface area contributed by atoms with Gasteiger partial charge in [-0.2, -0.15) is 0 Å². The van der Waals surface area contributed by atoms with E-state index in [0.29, 0.717) is 48.8 Å². The van der Waals surface area contributed by atoms with Crippen molar-refractivity contribution in [1.82, 2.24) is 4.90 Å². The first-order valence-corrected chi connectivity index (χ1v) is 11.9. The molecule has 0 spiro atoms. The molecule has 1 saturated heterocycles. The van der Waals surface area contributed by atoms with Crippen molar-refractivity contribution in [2.75, 3.05) is 5.32 Å². The molecular weight excluding hydrogens is 404 g/mol. The maximum absolute atomic E-state index is 13.3. The van der Waals surface area contributed by atoms with Gasteiger partial charge in [-0.1, -0.05) is 12.2 Å². The molecule has 0 radical (unpaired) electrons. The molecule has 1 aromatic carbocycles. The van der Waals surface area contributed by atoms with Crippen LogP contribution in [0.3, 0.4) is 0 Å². The van der Waals surface area contributed by atoms with Crippen molar-refractivity contribution in [3.05, 3.63) is 42.0 Å². The Labute approximate surface area is 187 Å². The second-order valence-corrected chi connectivity index (χ2v) is 10.3. The summed E-state index contributed by atoms with van der Waals surface area (Å²) >= 11 is 0. The molecule has 0 unspecified atom stereocenters. The summed E-state index contributed by atoms with van der Waals surface area (Å²) in [6, 6.07) is 6.85. The molecule has 1 N–H and O–H groups in total. The molecule has 1 heterocycles. The van der Waals surface area contributed by atoms with Gasteiger partial charge in [-0.25, -0.2) is 0 Å². The smallest absolute Gasteiger partial charge is 0.233 e. The molecule has 6 heteroatoms. The van der Waals surface area contributed by atoms with Gasteiger partial charge < -0.3 is 5.32 Å². The molecule has 4 fully saturated rings. The van der Waals surface area contributed by atoms with Crippen molar-refractivity contribution < 1.29 is 19.2 Å².